The van der Waals surface area contributed by atoms with Crippen LogP contribution in [0.25, 0.3) is 0 Å². The molecular weight excluding hydrogens is 333 g/mol. The minimum atomic E-state index is -1.84. The maximum absolute atomic E-state index is 10.9. The van der Waals surface area contributed by atoms with E-state index in [1.807, 2.05) is 0 Å². The molecule has 0 saturated carbocycles. The van der Waals surface area contributed by atoms with Gasteiger partial charge in [0, 0.05) is 12.6 Å². The van der Waals surface area contributed by atoms with Crippen LogP contribution < -0.4 is 44.7 Å². The van der Waals surface area contributed by atoms with Crippen LogP contribution in [0.4, 0.5) is 5.69 Å². The first-order valence-electron chi connectivity index (χ1n) is 6.74. The second kappa shape index (κ2) is 8.77. The number of carboxylic acid groups (broad SMARTS) is 1. The third-order valence-corrected chi connectivity index (χ3v) is 3.23. The van der Waals surface area contributed by atoms with Gasteiger partial charge in [0.1, 0.15) is 30.2 Å². The molecule has 1 aromatic rings. The van der Waals surface area contributed by atoms with Crippen molar-refractivity contribution in [2.75, 3.05) is 5.32 Å². The van der Waals surface area contributed by atoms with Crippen LogP contribution in [0, 0.1) is 0 Å². The summed E-state index contributed by atoms with van der Waals surface area (Å²) in [7, 11) is 0. The van der Waals surface area contributed by atoms with Gasteiger partial charge in [-0.3, -0.25) is 4.79 Å². The first-order chi connectivity index (χ1) is 10.8. The summed E-state index contributed by atoms with van der Waals surface area (Å²) in [5.74, 6) is -1.79. The average molecular weight is 349 g/mol. The topological polar surface area (TPSA) is 148 Å². The summed E-state index contributed by atoms with van der Waals surface area (Å²) in [5.41, 5.74) is 0.512. The Morgan fingerprint density at radius 1 is 1.12 bits per heavy atom. The predicted octanol–water partition coefficient (Wildman–Crippen LogP) is -5.41. The molecule has 10 heteroatoms. The number of aliphatic hydroxyl groups excluding tert-OH is 3. The number of nitrogens with one attached hydrogen (secondary N) is 1. The molecule has 0 aliphatic carbocycles. The largest absolute Gasteiger partial charge is 1.00 e. The summed E-state index contributed by atoms with van der Waals surface area (Å²) in [5, 5.41) is 42.4. The van der Waals surface area contributed by atoms with Gasteiger partial charge in [-0.2, -0.15) is 0 Å². The number of benzene rings is 1. The van der Waals surface area contributed by atoms with Gasteiger partial charge in [-0.15, -0.1) is 0 Å². The van der Waals surface area contributed by atoms with E-state index in [4.69, 9.17) is 9.47 Å². The molecule has 1 aliphatic heterocycles. The van der Waals surface area contributed by atoms with Gasteiger partial charge in [-0.25, -0.2) is 0 Å². The number of anilines is 1. The maximum Gasteiger partial charge on any atom is 1.00 e. The number of aliphatic hydroxyl groups is 3. The minimum absolute atomic E-state index is 0. The average Bonchev–Trinajstić information content (AvgIpc) is 2.48. The van der Waals surface area contributed by atoms with Crippen LogP contribution in [0.3, 0.4) is 0 Å². The second-order valence-electron chi connectivity index (χ2n) is 5.04. The number of carbonyl (C=O) groups is 2. The van der Waals surface area contributed by atoms with Crippen molar-refractivity contribution in [3.63, 3.8) is 0 Å². The molecular formula is C14H16NNaO8. The van der Waals surface area contributed by atoms with Gasteiger partial charge in [-0.05, 0) is 24.3 Å². The van der Waals surface area contributed by atoms with Crippen LogP contribution >= 0.6 is 0 Å². The van der Waals surface area contributed by atoms with Crippen molar-refractivity contribution in [1.82, 2.24) is 0 Å². The summed E-state index contributed by atoms with van der Waals surface area (Å²) in [6, 6.07) is 5.94. The normalized spacial score (nSPS) is 29.2. The number of ether oxygens (including phenoxy) is 2. The zero-order chi connectivity index (χ0) is 17.1. The standard InChI is InChI=1S/C14H17NO8.Na/c1-6(16)15-7-2-4-8(5-3-7)22-14-11(19)9(17)10(18)12(23-14)13(20)21;/h2-5,9-12,14,17-19H,1H3,(H,15,16)(H,20,21);/q;+1/p-1/t9-,10-,11?,12?,14+;/m0./s1. The summed E-state index contributed by atoms with van der Waals surface area (Å²) >= 11 is 0. The van der Waals surface area contributed by atoms with Crippen LogP contribution in [0.2, 0.25) is 0 Å². The number of amides is 1. The third-order valence-electron chi connectivity index (χ3n) is 3.23. The van der Waals surface area contributed by atoms with Crippen molar-refractivity contribution in [2.45, 2.75) is 37.6 Å². The Bertz CT molecular complexity index is 581. The monoisotopic (exact) mass is 349 g/mol. The van der Waals surface area contributed by atoms with E-state index in [1.165, 1.54) is 31.2 Å². The fourth-order valence-electron chi connectivity index (χ4n) is 2.09. The van der Waals surface area contributed by atoms with Crippen molar-refractivity contribution in [1.29, 1.82) is 0 Å². The van der Waals surface area contributed by atoms with Crippen molar-refractivity contribution in [2.24, 2.45) is 0 Å². The van der Waals surface area contributed by atoms with E-state index in [-0.39, 0.29) is 41.2 Å². The molecule has 0 radical (unpaired) electrons. The van der Waals surface area contributed by atoms with Gasteiger partial charge < -0.3 is 40.0 Å². The van der Waals surface area contributed by atoms with Crippen molar-refractivity contribution in [3.05, 3.63) is 24.3 Å². The van der Waals surface area contributed by atoms with E-state index in [0.717, 1.165) is 0 Å². The fraction of sp³-hybridized carbons (Fsp3) is 0.429. The molecule has 1 heterocycles. The summed E-state index contributed by atoms with van der Waals surface area (Å²) in [6.45, 7) is 1.35. The van der Waals surface area contributed by atoms with Crippen LogP contribution in [0.5, 0.6) is 5.75 Å². The molecule has 0 spiro atoms. The molecule has 5 atom stereocenters. The fourth-order valence-corrected chi connectivity index (χ4v) is 2.09. The third kappa shape index (κ3) is 4.90. The van der Waals surface area contributed by atoms with Crippen LogP contribution in [-0.4, -0.2) is 57.9 Å². The number of hydrogen-bond donors (Lipinski definition) is 4. The van der Waals surface area contributed by atoms with Gasteiger partial charge in [-0.1, -0.05) is 0 Å². The molecule has 1 aliphatic rings. The van der Waals surface area contributed by atoms with Crippen molar-refractivity contribution in [3.8, 4) is 5.75 Å². The molecule has 1 amide bonds. The molecule has 1 fully saturated rings. The van der Waals surface area contributed by atoms with E-state index in [9.17, 15) is 30.0 Å². The van der Waals surface area contributed by atoms with Gasteiger partial charge in [0.15, 0.2) is 0 Å². The number of carboxylic acids is 1. The predicted molar refractivity (Wildman–Crippen MR) is 73.1 cm³/mol. The van der Waals surface area contributed by atoms with Crippen molar-refractivity contribution < 1.29 is 69.0 Å². The van der Waals surface area contributed by atoms with Crippen molar-refractivity contribution >= 4 is 17.6 Å². The summed E-state index contributed by atoms with van der Waals surface area (Å²) in [4.78, 5) is 21.8. The zero-order valence-corrected chi connectivity index (χ0v) is 15.1. The Labute approximate surface area is 159 Å². The SMILES string of the molecule is CC(=O)Nc1ccc(O[C@@H]2OC(C(=O)[O-])[C@@H](O)[C@H](O)C2O)cc1.[Na+]. The molecule has 4 N–H and O–H groups in total. The van der Waals surface area contributed by atoms with Gasteiger partial charge in [0.25, 0.3) is 0 Å². The summed E-state index contributed by atoms with van der Waals surface area (Å²) in [6.07, 6.45) is -8.61. The Kier molecular flexibility index (Phi) is 7.61. The first-order valence-corrected chi connectivity index (χ1v) is 6.74. The Morgan fingerprint density at radius 2 is 1.71 bits per heavy atom. The number of rotatable bonds is 4. The van der Waals surface area contributed by atoms with E-state index in [1.54, 1.807) is 0 Å². The van der Waals surface area contributed by atoms with Gasteiger partial charge >= 0.3 is 29.6 Å². The molecule has 0 aromatic heterocycles. The van der Waals surface area contributed by atoms with Gasteiger partial charge in [0.2, 0.25) is 12.2 Å². The smallest absolute Gasteiger partial charge is 0.547 e. The second-order valence-corrected chi connectivity index (χ2v) is 5.04. The zero-order valence-electron chi connectivity index (χ0n) is 13.1. The molecule has 0 bridgehead atoms. The molecule has 24 heavy (non-hydrogen) atoms. The van der Waals surface area contributed by atoms with Crippen LogP contribution in [-0.2, 0) is 14.3 Å². The Morgan fingerprint density at radius 3 is 2.21 bits per heavy atom. The van der Waals surface area contributed by atoms with E-state index < -0.39 is 36.7 Å². The molecule has 9 nitrogen and oxygen atoms in total. The molecule has 2 unspecified atom stereocenters. The van der Waals surface area contributed by atoms with Crippen LogP contribution in [0.1, 0.15) is 6.92 Å². The first kappa shape index (κ1) is 20.8. The molecule has 2 rings (SSSR count). The maximum atomic E-state index is 10.9. The number of carbonyl (C=O) groups excluding carboxylic acids is 2. The van der Waals surface area contributed by atoms with E-state index >= 15 is 0 Å². The van der Waals surface area contributed by atoms with E-state index in [0.29, 0.717) is 5.69 Å². The quantitative estimate of drug-likeness (QED) is 0.394. The van der Waals surface area contributed by atoms with Gasteiger partial charge in [0.05, 0.1) is 5.97 Å². The van der Waals surface area contributed by atoms with E-state index in [2.05, 4.69) is 5.32 Å². The molecule has 1 saturated heterocycles. The van der Waals surface area contributed by atoms with Crippen LogP contribution in [0.15, 0.2) is 24.3 Å². The number of aliphatic carboxylic acids is 1. The number of hydrogen-bond acceptors (Lipinski definition) is 8. The Hall–Kier alpha value is -1.20. The summed E-state index contributed by atoms with van der Waals surface area (Å²) < 4.78 is 10.2. The molecule has 1 aromatic carbocycles. The molecule has 126 valence electrons. The Balaban J connectivity index is 0.00000288. The minimum Gasteiger partial charge on any atom is -0.547 e.